The van der Waals surface area contributed by atoms with Crippen LogP contribution in [-0.2, 0) is 17.9 Å². The van der Waals surface area contributed by atoms with E-state index in [1.165, 1.54) is 0 Å². The molecule has 1 heterocycles. The van der Waals surface area contributed by atoms with Gasteiger partial charge in [-0.25, -0.2) is 8.78 Å². The minimum atomic E-state index is -2.79. The van der Waals surface area contributed by atoms with E-state index in [9.17, 15) is 13.6 Å². The van der Waals surface area contributed by atoms with E-state index < -0.39 is 24.9 Å². The Morgan fingerprint density at radius 3 is 2.52 bits per heavy atom. The molecule has 0 radical (unpaired) electrons. The predicted molar refractivity (Wildman–Crippen MR) is 86.3 cm³/mol. The molecule has 0 aliphatic carbocycles. The van der Waals surface area contributed by atoms with Crippen LogP contribution >= 0.6 is 0 Å². The van der Waals surface area contributed by atoms with Gasteiger partial charge >= 0.3 is 0 Å². The molecule has 0 bridgehead atoms. The quantitative estimate of drug-likeness (QED) is 0.807. The summed E-state index contributed by atoms with van der Waals surface area (Å²) in [6, 6.07) is 7.11. The van der Waals surface area contributed by atoms with Crippen LogP contribution in [0, 0.1) is 0 Å². The van der Waals surface area contributed by atoms with Gasteiger partial charge in [0.15, 0.2) is 0 Å². The van der Waals surface area contributed by atoms with Crippen LogP contribution in [0.3, 0.4) is 0 Å². The molecule has 1 aromatic rings. The van der Waals surface area contributed by atoms with E-state index >= 15 is 0 Å². The molecule has 1 fully saturated rings. The standard InChI is InChI=1S/C17H25F2N3O/c1-3-22(4-2)11-14-8-6-5-7-13(14)10-20-16(23)15-9-17(18,19)12-21-15/h5-8,15,21H,3-4,9-12H2,1-2H3,(H,20,23). The zero-order chi connectivity index (χ0) is 16.9. The Morgan fingerprint density at radius 1 is 1.30 bits per heavy atom. The van der Waals surface area contributed by atoms with Crippen molar-refractivity contribution >= 4 is 5.91 Å². The first kappa shape index (κ1) is 17.8. The lowest BCUT2D eigenvalue weighted by atomic mass is 10.1. The largest absolute Gasteiger partial charge is 0.351 e. The molecule has 0 spiro atoms. The highest BCUT2D eigenvalue weighted by atomic mass is 19.3. The first-order valence-corrected chi connectivity index (χ1v) is 8.13. The van der Waals surface area contributed by atoms with Gasteiger partial charge in [0.1, 0.15) is 0 Å². The highest BCUT2D eigenvalue weighted by molar-refractivity contribution is 5.82. The van der Waals surface area contributed by atoms with E-state index in [-0.39, 0.29) is 5.91 Å². The van der Waals surface area contributed by atoms with Crippen molar-refractivity contribution in [1.29, 1.82) is 0 Å². The number of rotatable bonds is 7. The van der Waals surface area contributed by atoms with Crippen LogP contribution in [-0.4, -0.2) is 42.4 Å². The Bertz CT molecular complexity index is 532. The van der Waals surface area contributed by atoms with Crippen molar-refractivity contribution < 1.29 is 13.6 Å². The summed E-state index contributed by atoms with van der Waals surface area (Å²) in [7, 11) is 0. The molecule has 4 nitrogen and oxygen atoms in total. The monoisotopic (exact) mass is 325 g/mol. The predicted octanol–water partition coefficient (Wildman–Crippen LogP) is 2.14. The fourth-order valence-corrected chi connectivity index (χ4v) is 2.78. The van der Waals surface area contributed by atoms with Gasteiger partial charge in [-0.3, -0.25) is 15.0 Å². The molecule has 2 N–H and O–H groups in total. The molecule has 6 heteroatoms. The van der Waals surface area contributed by atoms with Crippen molar-refractivity contribution in [2.24, 2.45) is 0 Å². The molecule has 1 saturated heterocycles. The van der Waals surface area contributed by atoms with Crippen molar-refractivity contribution in [3.63, 3.8) is 0 Å². The van der Waals surface area contributed by atoms with E-state index in [1.54, 1.807) is 0 Å². The van der Waals surface area contributed by atoms with Crippen molar-refractivity contribution in [2.45, 2.75) is 45.3 Å². The number of benzene rings is 1. The van der Waals surface area contributed by atoms with Crippen molar-refractivity contribution in [2.75, 3.05) is 19.6 Å². The number of carbonyl (C=O) groups excluding carboxylic acids is 1. The van der Waals surface area contributed by atoms with Gasteiger partial charge in [-0.2, -0.15) is 0 Å². The third-order valence-corrected chi connectivity index (χ3v) is 4.29. The third kappa shape index (κ3) is 4.97. The number of amides is 1. The lowest BCUT2D eigenvalue weighted by Crippen LogP contribution is -2.40. The molecule has 23 heavy (non-hydrogen) atoms. The number of hydrogen-bond donors (Lipinski definition) is 2. The number of hydrogen-bond acceptors (Lipinski definition) is 3. The van der Waals surface area contributed by atoms with Crippen molar-refractivity contribution in [3.05, 3.63) is 35.4 Å². The van der Waals surface area contributed by atoms with E-state index in [0.29, 0.717) is 6.54 Å². The van der Waals surface area contributed by atoms with Gasteiger partial charge in [0.25, 0.3) is 5.92 Å². The van der Waals surface area contributed by atoms with E-state index in [0.717, 1.165) is 30.8 Å². The summed E-state index contributed by atoms with van der Waals surface area (Å²) in [5, 5.41) is 5.35. The summed E-state index contributed by atoms with van der Waals surface area (Å²) in [5.74, 6) is -3.15. The number of carbonyl (C=O) groups is 1. The van der Waals surface area contributed by atoms with Gasteiger partial charge in [0.2, 0.25) is 5.91 Å². The fourth-order valence-electron chi connectivity index (χ4n) is 2.78. The normalized spacial score (nSPS) is 20.0. The molecule has 1 atom stereocenters. The Labute approximate surface area is 136 Å². The molecular formula is C17H25F2N3O. The summed E-state index contributed by atoms with van der Waals surface area (Å²) < 4.78 is 26.3. The lowest BCUT2D eigenvalue weighted by molar-refractivity contribution is -0.123. The average molecular weight is 325 g/mol. The van der Waals surface area contributed by atoms with Crippen LogP contribution in [0.1, 0.15) is 31.4 Å². The molecule has 2 rings (SSSR count). The number of nitrogens with one attached hydrogen (secondary N) is 2. The maximum atomic E-state index is 13.2. The minimum Gasteiger partial charge on any atom is -0.351 e. The zero-order valence-corrected chi connectivity index (χ0v) is 13.7. The second-order valence-corrected chi connectivity index (χ2v) is 5.94. The van der Waals surface area contributed by atoms with Crippen LogP contribution in [0.25, 0.3) is 0 Å². The van der Waals surface area contributed by atoms with Gasteiger partial charge in [0, 0.05) is 19.5 Å². The average Bonchev–Trinajstić information content (AvgIpc) is 2.91. The Balaban J connectivity index is 1.94. The van der Waals surface area contributed by atoms with Gasteiger partial charge in [-0.15, -0.1) is 0 Å². The smallest absolute Gasteiger partial charge is 0.262 e. The van der Waals surface area contributed by atoms with E-state index in [1.807, 2.05) is 24.3 Å². The molecular weight excluding hydrogens is 300 g/mol. The zero-order valence-electron chi connectivity index (χ0n) is 13.7. The Morgan fingerprint density at radius 2 is 1.96 bits per heavy atom. The molecule has 1 aromatic carbocycles. The highest BCUT2D eigenvalue weighted by Crippen LogP contribution is 2.25. The van der Waals surface area contributed by atoms with Crippen molar-refractivity contribution in [1.82, 2.24) is 15.5 Å². The number of halogens is 2. The van der Waals surface area contributed by atoms with Gasteiger partial charge in [-0.1, -0.05) is 38.1 Å². The number of alkyl halides is 2. The molecule has 0 saturated carbocycles. The second-order valence-electron chi connectivity index (χ2n) is 5.94. The van der Waals surface area contributed by atoms with Gasteiger partial charge in [-0.05, 0) is 24.2 Å². The Kier molecular flexibility index (Phi) is 6.07. The first-order chi connectivity index (χ1) is 10.9. The fraction of sp³-hybridized carbons (Fsp3) is 0.588. The highest BCUT2D eigenvalue weighted by Gasteiger charge is 2.42. The first-order valence-electron chi connectivity index (χ1n) is 8.13. The Hall–Kier alpha value is -1.53. The number of nitrogens with zero attached hydrogens (tertiary/aromatic N) is 1. The van der Waals surface area contributed by atoms with Crippen molar-refractivity contribution in [3.8, 4) is 0 Å². The van der Waals surface area contributed by atoms with E-state index in [2.05, 4.69) is 29.4 Å². The maximum absolute atomic E-state index is 13.2. The summed E-state index contributed by atoms with van der Waals surface area (Å²) in [6.45, 7) is 6.89. The van der Waals surface area contributed by atoms with Crippen LogP contribution < -0.4 is 10.6 Å². The van der Waals surface area contributed by atoms with Crippen LogP contribution in [0.15, 0.2) is 24.3 Å². The summed E-state index contributed by atoms with van der Waals surface area (Å²) in [5.41, 5.74) is 2.18. The lowest BCUT2D eigenvalue weighted by Gasteiger charge is -2.20. The third-order valence-electron chi connectivity index (χ3n) is 4.29. The van der Waals surface area contributed by atoms with Crippen LogP contribution in [0.4, 0.5) is 8.78 Å². The van der Waals surface area contributed by atoms with Crippen LogP contribution in [0.2, 0.25) is 0 Å². The summed E-state index contributed by atoms with van der Waals surface area (Å²) in [4.78, 5) is 14.3. The SMILES string of the molecule is CCN(CC)Cc1ccccc1CNC(=O)C1CC(F)(F)CN1. The molecule has 0 aromatic heterocycles. The summed E-state index contributed by atoms with van der Waals surface area (Å²) >= 11 is 0. The molecule has 128 valence electrons. The van der Waals surface area contributed by atoms with Crippen LogP contribution in [0.5, 0.6) is 0 Å². The topological polar surface area (TPSA) is 44.4 Å². The van der Waals surface area contributed by atoms with Gasteiger partial charge in [0.05, 0.1) is 12.6 Å². The molecule has 1 aliphatic rings. The van der Waals surface area contributed by atoms with E-state index in [4.69, 9.17) is 0 Å². The van der Waals surface area contributed by atoms with Gasteiger partial charge < -0.3 is 5.32 Å². The second kappa shape index (κ2) is 7.84. The molecule has 1 unspecified atom stereocenters. The minimum absolute atomic E-state index is 0.361. The maximum Gasteiger partial charge on any atom is 0.262 e. The molecule has 1 aliphatic heterocycles. The molecule has 1 amide bonds. The summed E-state index contributed by atoms with van der Waals surface area (Å²) in [6.07, 6.45) is -0.431.